The van der Waals surface area contributed by atoms with Crippen molar-refractivity contribution < 1.29 is 19.7 Å². The van der Waals surface area contributed by atoms with Crippen LogP contribution in [-0.4, -0.2) is 35.6 Å². The van der Waals surface area contributed by atoms with E-state index in [0.29, 0.717) is 19.4 Å². The normalized spacial score (nSPS) is 12.9. The van der Waals surface area contributed by atoms with Gasteiger partial charge in [-0.1, -0.05) is 0 Å². The van der Waals surface area contributed by atoms with Crippen molar-refractivity contribution in [2.75, 3.05) is 13.4 Å². The molecule has 1 unspecified atom stereocenters. The number of aliphatic hydroxyl groups excluding tert-OH is 1. The van der Waals surface area contributed by atoms with Crippen molar-refractivity contribution in [3.8, 4) is 0 Å². The molecule has 0 bridgehead atoms. The molecular weight excluding hydrogens is 150 g/mol. The average molecular weight is 163 g/mol. The maximum Gasteiger partial charge on any atom is 0.320 e. The minimum Gasteiger partial charge on any atom is -0.480 e. The monoisotopic (exact) mass is 163 g/mol. The molecule has 0 aliphatic heterocycles. The van der Waals surface area contributed by atoms with Crippen LogP contribution in [0.4, 0.5) is 0 Å². The number of ether oxygens (including phenoxy) is 1. The largest absolute Gasteiger partial charge is 0.480 e. The van der Waals surface area contributed by atoms with Gasteiger partial charge >= 0.3 is 5.97 Å². The molecule has 0 aliphatic carbocycles. The number of carbonyl (C=O) groups is 1. The number of carboxylic acid groups (broad SMARTS) is 1. The van der Waals surface area contributed by atoms with Gasteiger partial charge in [-0.25, -0.2) is 0 Å². The third-order valence-corrected chi connectivity index (χ3v) is 1.21. The summed E-state index contributed by atoms with van der Waals surface area (Å²) in [7, 11) is 0. The van der Waals surface area contributed by atoms with Crippen molar-refractivity contribution in [1.82, 2.24) is 0 Å². The first-order valence-corrected chi connectivity index (χ1v) is 3.35. The minimum atomic E-state index is -1.01. The number of aliphatic hydroxyl groups is 1. The van der Waals surface area contributed by atoms with Crippen molar-refractivity contribution in [3.63, 3.8) is 0 Å². The van der Waals surface area contributed by atoms with Gasteiger partial charge in [-0.3, -0.25) is 4.79 Å². The molecule has 1 atom stereocenters. The van der Waals surface area contributed by atoms with Crippen molar-refractivity contribution in [2.24, 2.45) is 5.73 Å². The highest BCUT2D eigenvalue weighted by molar-refractivity contribution is 5.72. The number of hydrogen-bond donors (Lipinski definition) is 3. The van der Waals surface area contributed by atoms with E-state index in [2.05, 4.69) is 4.74 Å². The van der Waals surface area contributed by atoms with Crippen LogP contribution < -0.4 is 5.73 Å². The predicted molar refractivity (Wildman–Crippen MR) is 37.9 cm³/mol. The molecule has 5 nitrogen and oxygen atoms in total. The Labute approximate surface area is 64.8 Å². The molecule has 0 saturated carbocycles. The smallest absolute Gasteiger partial charge is 0.320 e. The molecule has 4 N–H and O–H groups in total. The highest BCUT2D eigenvalue weighted by atomic mass is 16.6. The first kappa shape index (κ1) is 10.3. The van der Waals surface area contributed by atoms with E-state index < -0.39 is 12.0 Å². The third-order valence-electron chi connectivity index (χ3n) is 1.21. The fraction of sp³-hybridized carbons (Fsp3) is 0.833. The fourth-order valence-electron chi connectivity index (χ4n) is 0.593. The van der Waals surface area contributed by atoms with E-state index in [-0.39, 0.29) is 6.79 Å². The summed E-state index contributed by atoms with van der Waals surface area (Å²) in [6.07, 6.45) is 0.920. The van der Waals surface area contributed by atoms with E-state index in [1.807, 2.05) is 0 Å². The standard InChI is InChI=1S/C6H13NO4/c7-5(6(9)10)2-1-3-11-4-8/h5,8H,1-4,7H2,(H,9,10). The van der Waals surface area contributed by atoms with Crippen molar-refractivity contribution in [1.29, 1.82) is 0 Å². The van der Waals surface area contributed by atoms with Crippen LogP contribution in [0.15, 0.2) is 0 Å². The molecule has 66 valence electrons. The van der Waals surface area contributed by atoms with E-state index in [0.717, 1.165) is 0 Å². The first-order chi connectivity index (χ1) is 5.18. The molecule has 0 radical (unpaired) electrons. The summed E-state index contributed by atoms with van der Waals surface area (Å²) in [5, 5.41) is 16.5. The van der Waals surface area contributed by atoms with Crippen LogP contribution in [0.3, 0.4) is 0 Å². The summed E-state index contributed by atoms with van der Waals surface area (Å²) in [6, 6.07) is -0.822. The van der Waals surface area contributed by atoms with Gasteiger partial charge in [0, 0.05) is 6.61 Å². The molecule has 5 heteroatoms. The second-order valence-corrected chi connectivity index (χ2v) is 2.12. The maximum absolute atomic E-state index is 10.1. The lowest BCUT2D eigenvalue weighted by Crippen LogP contribution is -2.30. The zero-order chi connectivity index (χ0) is 8.69. The predicted octanol–water partition coefficient (Wildman–Crippen LogP) is -0.855. The average Bonchev–Trinajstić information content (AvgIpc) is 1.97. The van der Waals surface area contributed by atoms with Crippen LogP contribution in [0.2, 0.25) is 0 Å². The Morgan fingerprint density at radius 1 is 1.64 bits per heavy atom. The van der Waals surface area contributed by atoms with Crippen LogP contribution in [0.1, 0.15) is 12.8 Å². The zero-order valence-electron chi connectivity index (χ0n) is 6.19. The quantitative estimate of drug-likeness (QED) is 0.350. The molecule has 0 aliphatic rings. The Morgan fingerprint density at radius 3 is 2.73 bits per heavy atom. The fourth-order valence-corrected chi connectivity index (χ4v) is 0.593. The van der Waals surface area contributed by atoms with Crippen LogP contribution in [0, 0.1) is 0 Å². The lowest BCUT2D eigenvalue weighted by atomic mass is 10.2. The van der Waals surface area contributed by atoms with E-state index in [4.69, 9.17) is 15.9 Å². The van der Waals surface area contributed by atoms with E-state index in [1.54, 1.807) is 0 Å². The number of aliphatic carboxylic acids is 1. The molecule has 0 fully saturated rings. The van der Waals surface area contributed by atoms with Crippen LogP contribution in [0.5, 0.6) is 0 Å². The van der Waals surface area contributed by atoms with Crippen molar-refractivity contribution in [2.45, 2.75) is 18.9 Å². The third kappa shape index (κ3) is 5.78. The van der Waals surface area contributed by atoms with Gasteiger partial charge in [0.25, 0.3) is 0 Å². The molecule has 11 heavy (non-hydrogen) atoms. The lowest BCUT2D eigenvalue weighted by Gasteiger charge is -2.04. The molecule has 0 rings (SSSR count). The van der Waals surface area contributed by atoms with Gasteiger partial charge in [0.2, 0.25) is 0 Å². The Morgan fingerprint density at radius 2 is 2.27 bits per heavy atom. The summed E-state index contributed by atoms with van der Waals surface area (Å²) in [5.74, 6) is -1.01. The van der Waals surface area contributed by atoms with Crippen LogP contribution in [0.25, 0.3) is 0 Å². The molecule has 0 saturated heterocycles. The SMILES string of the molecule is NC(CCCOCO)C(=O)O. The van der Waals surface area contributed by atoms with Gasteiger partial charge < -0.3 is 20.7 Å². The Balaban J connectivity index is 3.17. The highest BCUT2D eigenvalue weighted by Gasteiger charge is 2.09. The second-order valence-electron chi connectivity index (χ2n) is 2.12. The number of rotatable bonds is 6. The molecule has 0 heterocycles. The second kappa shape index (κ2) is 6.09. The summed E-state index contributed by atoms with van der Waals surface area (Å²) in [4.78, 5) is 10.1. The lowest BCUT2D eigenvalue weighted by molar-refractivity contribution is -0.138. The maximum atomic E-state index is 10.1. The van der Waals surface area contributed by atoms with E-state index in [9.17, 15) is 4.79 Å². The van der Waals surface area contributed by atoms with Gasteiger partial charge in [-0.2, -0.15) is 0 Å². The van der Waals surface area contributed by atoms with Crippen LogP contribution >= 0.6 is 0 Å². The van der Waals surface area contributed by atoms with Gasteiger partial charge in [0.1, 0.15) is 12.8 Å². The first-order valence-electron chi connectivity index (χ1n) is 3.35. The van der Waals surface area contributed by atoms with Crippen LogP contribution in [-0.2, 0) is 9.53 Å². The summed E-state index contributed by atoms with van der Waals surface area (Å²) >= 11 is 0. The summed E-state index contributed by atoms with van der Waals surface area (Å²) < 4.78 is 4.57. The number of hydrogen-bond acceptors (Lipinski definition) is 4. The zero-order valence-corrected chi connectivity index (χ0v) is 6.19. The molecule has 0 aromatic rings. The molecule has 0 spiro atoms. The molecule has 0 aromatic carbocycles. The van der Waals surface area contributed by atoms with Crippen molar-refractivity contribution >= 4 is 5.97 Å². The Kier molecular flexibility index (Phi) is 5.73. The minimum absolute atomic E-state index is 0.331. The number of nitrogens with two attached hydrogens (primary N) is 1. The topological polar surface area (TPSA) is 92.8 Å². The number of carboxylic acids is 1. The molecule has 0 amide bonds. The van der Waals surface area contributed by atoms with Crippen molar-refractivity contribution in [3.05, 3.63) is 0 Å². The Hall–Kier alpha value is -0.650. The van der Waals surface area contributed by atoms with Gasteiger partial charge in [0.05, 0.1) is 0 Å². The molecular formula is C6H13NO4. The summed E-state index contributed by atoms with van der Waals surface area (Å²) in [5.41, 5.74) is 5.18. The van der Waals surface area contributed by atoms with Gasteiger partial charge in [0.15, 0.2) is 0 Å². The van der Waals surface area contributed by atoms with Gasteiger partial charge in [-0.15, -0.1) is 0 Å². The van der Waals surface area contributed by atoms with E-state index in [1.165, 1.54) is 0 Å². The molecule has 0 aromatic heterocycles. The van der Waals surface area contributed by atoms with Gasteiger partial charge in [-0.05, 0) is 12.8 Å². The summed E-state index contributed by atoms with van der Waals surface area (Å²) in [6.45, 7) is 0.0137. The van der Waals surface area contributed by atoms with E-state index >= 15 is 0 Å². The Bertz CT molecular complexity index is 117. The highest BCUT2D eigenvalue weighted by Crippen LogP contribution is 1.94.